The summed E-state index contributed by atoms with van der Waals surface area (Å²) in [4.78, 5) is 11.0. The van der Waals surface area contributed by atoms with E-state index < -0.39 is 0 Å². The number of amides is 1. The van der Waals surface area contributed by atoms with Crippen LogP contribution >= 0.6 is 0 Å². The molecule has 2 aliphatic rings. The second-order valence-electron chi connectivity index (χ2n) is 5.81. The Morgan fingerprint density at radius 2 is 2.13 bits per heavy atom. The van der Waals surface area contributed by atoms with Crippen LogP contribution in [0.15, 0.2) is 0 Å². The number of nitrogens with one attached hydrogen (secondary N) is 2. The minimum absolute atomic E-state index is 0.208. The molecular formula is C12H22N2O. The number of piperidine rings is 1. The third-order valence-electron chi connectivity index (χ3n) is 3.71. The number of hydrogen-bond donors (Lipinski definition) is 2. The van der Waals surface area contributed by atoms with Crippen LogP contribution in [0.5, 0.6) is 0 Å². The molecule has 15 heavy (non-hydrogen) atoms. The zero-order chi connectivity index (χ0) is 10.9. The average Bonchev–Trinajstić information content (AvgIpc) is 2.50. The molecule has 2 N–H and O–H groups in total. The second kappa shape index (κ2) is 4.12. The van der Waals surface area contributed by atoms with Crippen LogP contribution in [0, 0.1) is 5.41 Å². The fourth-order valence-electron chi connectivity index (χ4n) is 2.79. The molecule has 1 saturated heterocycles. The van der Waals surface area contributed by atoms with Gasteiger partial charge >= 0.3 is 0 Å². The Balaban J connectivity index is 1.76. The molecule has 3 nitrogen and oxygen atoms in total. The Morgan fingerprint density at radius 3 is 2.67 bits per heavy atom. The molecule has 1 saturated carbocycles. The van der Waals surface area contributed by atoms with Crippen molar-refractivity contribution < 1.29 is 4.79 Å². The first-order valence-corrected chi connectivity index (χ1v) is 6.08. The quantitative estimate of drug-likeness (QED) is 0.724. The Hall–Kier alpha value is -0.570. The molecule has 0 spiro atoms. The number of hydrogen-bond acceptors (Lipinski definition) is 2. The second-order valence-corrected chi connectivity index (χ2v) is 5.81. The predicted molar refractivity (Wildman–Crippen MR) is 60.6 cm³/mol. The molecule has 1 heterocycles. The third-order valence-corrected chi connectivity index (χ3v) is 3.71. The fourth-order valence-corrected chi connectivity index (χ4v) is 2.79. The normalized spacial score (nSPS) is 35.2. The first-order chi connectivity index (χ1) is 7.05. The van der Waals surface area contributed by atoms with E-state index in [1.165, 1.54) is 19.3 Å². The van der Waals surface area contributed by atoms with Crippen LogP contribution in [0.2, 0.25) is 0 Å². The van der Waals surface area contributed by atoms with Crippen molar-refractivity contribution in [2.45, 2.75) is 58.0 Å². The highest BCUT2D eigenvalue weighted by Gasteiger charge is 2.32. The van der Waals surface area contributed by atoms with Crippen LogP contribution in [0.3, 0.4) is 0 Å². The lowest BCUT2D eigenvalue weighted by atomic mass is 9.91. The van der Waals surface area contributed by atoms with Crippen LogP contribution in [0.1, 0.15) is 46.0 Å². The Bertz CT molecular complexity index is 240. The highest BCUT2D eigenvalue weighted by Crippen LogP contribution is 2.37. The maximum Gasteiger partial charge on any atom is 0.220 e. The monoisotopic (exact) mass is 210 g/mol. The molecule has 1 amide bonds. The molecule has 0 aromatic rings. The minimum atomic E-state index is 0.208. The van der Waals surface area contributed by atoms with Gasteiger partial charge in [0.2, 0.25) is 5.91 Å². The largest absolute Gasteiger partial charge is 0.355 e. The van der Waals surface area contributed by atoms with E-state index in [0.29, 0.717) is 23.9 Å². The Morgan fingerprint density at radius 1 is 1.33 bits per heavy atom. The van der Waals surface area contributed by atoms with Crippen LogP contribution in [0.25, 0.3) is 0 Å². The van der Waals surface area contributed by atoms with Crippen molar-refractivity contribution in [3.05, 3.63) is 0 Å². The van der Waals surface area contributed by atoms with E-state index in [4.69, 9.17) is 0 Å². The molecule has 86 valence electrons. The summed E-state index contributed by atoms with van der Waals surface area (Å²) >= 11 is 0. The molecule has 0 bridgehead atoms. The van der Waals surface area contributed by atoms with Crippen molar-refractivity contribution in [1.29, 1.82) is 0 Å². The molecule has 2 fully saturated rings. The van der Waals surface area contributed by atoms with E-state index in [1.807, 2.05) is 0 Å². The fraction of sp³-hybridized carbons (Fsp3) is 0.917. The lowest BCUT2D eigenvalue weighted by Crippen LogP contribution is -2.48. The van der Waals surface area contributed by atoms with E-state index >= 15 is 0 Å². The van der Waals surface area contributed by atoms with Crippen molar-refractivity contribution in [3.8, 4) is 0 Å². The number of rotatable bonds is 2. The lowest BCUT2D eigenvalue weighted by molar-refractivity contribution is -0.122. The van der Waals surface area contributed by atoms with Crippen LogP contribution in [0.4, 0.5) is 0 Å². The summed E-state index contributed by atoms with van der Waals surface area (Å²) in [5, 5.41) is 6.60. The predicted octanol–water partition coefficient (Wildman–Crippen LogP) is 1.43. The molecule has 0 radical (unpaired) electrons. The van der Waals surface area contributed by atoms with Gasteiger partial charge in [-0.3, -0.25) is 4.79 Å². The van der Waals surface area contributed by atoms with Gasteiger partial charge in [0.25, 0.3) is 0 Å². The third kappa shape index (κ3) is 2.94. The summed E-state index contributed by atoms with van der Waals surface area (Å²) in [6.45, 7) is 5.50. The molecule has 3 heteroatoms. The summed E-state index contributed by atoms with van der Waals surface area (Å²) in [6.07, 6.45) is 5.58. The summed E-state index contributed by atoms with van der Waals surface area (Å²) < 4.78 is 0. The Labute approximate surface area is 92.0 Å². The highest BCUT2D eigenvalue weighted by atomic mass is 16.1. The van der Waals surface area contributed by atoms with Gasteiger partial charge in [-0.2, -0.15) is 0 Å². The van der Waals surface area contributed by atoms with Gasteiger partial charge in [0, 0.05) is 25.0 Å². The summed E-state index contributed by atoms with van der Waals surface area (Å²) in [5.74, 6) is 0.208. The zero-order valence-corrected chi connectivity index (χ0v) is 9.81. The van der Waals surface area contributed by atoms with E-state index in [1.54, 1.807) is 0 Å². The van der Waals surface area contributed by atoms with Gasteiger partial charge in [-0.15, -0.1) is 0 Å². The number of carbonyl (C=O) groups is 1. The molecule has 0 aromatic heterocycles. The molecular weight excluding hydrogens is 188 g/mol. The van der Waals surface area contributed by atoms with Crippen molar-refractivity contribution in [1.82, 2.24) is 10.6 Å². The maximum atomic E-state index is 11.0. The Kier molecular flexibility index (Phi) is 3.01. The maximum absolute atomic E-state index is 11.0. The topological polar surface area (TPSA) is 41.1 Å². The van der Waals surface area contributed by atoms with Gasteiger partial charge in [-0.05, 0) is 31.1 Å². The highest BCUT2D eigenvalue weighted by molar-refractivity contribution is 5.76. The van der Waals surface area contributed by atoms with Gasteiger partial charge in [0.05, 0.1) is 0 Å². The van der Waals surface area contributed by atoms with Crippen molar-refractivity contribution >= 4 is 5.91 Å². The van der Waals surface area contributed by atoms with Crippen LogP contribution in [-0.4, -0.2) is 24.5 Å². The first kappa shape index (κ1) is 10.9. The van der Waals surface area contributed by atoms with Gasteiger partial charge in [-0.1, -0.05) is 13.8 Å². The van der Waals surface area contributed by atoms with E-state index in [0.717, 1.165) is 13.0 Å². The molecule has 1 aliphatic heterocycles. The molecule has 0 aromatic carbocycles. The molecule has 2 atom stereocenters. The zero-order valence-electron chi connectivity index (χ0n) is 9.81. The standard InChI is InChI=1S/C12H22N2O/c1-12(2)6-5-9(7-12)14-10-3-4-11(15)13-8-10/h9-10,14H,3-8H2,1-2H3,(H,13,15). The molecule has 2 rings (SSSR count). The van der Waals surface area contributed by atoms with Crippen molar-refractivity contribution in [3.63, 3.8) is 0 Å². The van der Waals surface area contributed by atoms with Crippen LogP contribution in [-0.2, 0) is 4.79 Å². The van der Waals surface area contributed by atoms with Gasteiger partial charge < -0.3 is 10.6 Å². The smallest absolute Gasteiger partial charge is 0.220 e. The van der Waals surface area contributed by atoms with E-state index in [2.05, 4.69) is 24.5 Å². The summed E-state index contributed by atoms with van der Waals surface area (Å²) in [5.41, 5.74) is 0.510. The van der Waals surface area contributed by atoms with E-state index in [9.17, 15) is 4.79 Å². The average molecular weight is 210 g/mol. The van der Waals surface area contributed by atoms with E-state index in [-0.39, 0.29) is 5.91 Å². The summed E-state index contributed by atoms with van der Waals surface area (Å²) in [6, 6.07) is 1.17. The lowest BCUT2D eigenvalue weighted by Gasteiger charge is -2.27. The first-order valence-electron chi connectivity index (χ1n) is 6.08. The van der Waals surface area contributed by atoms with Crippen molar-refractivity contribution in [2.24, 2.45) is 5.41 Å². The van der Waals surface area contributed by atoms with Gasteiger partial charge in [-0.25, -0.2) is 0 Å². The summed E-state index contributed by atoms with van der Waals surface area (Å²) in [7, 11) is 0. The van der Waals surface area contributed by atoms with Gasteiger partial charge in [0.1, 0.15) is 0 Å². The molecule has 2 unspecified atom stereocenters. The van der Waals surface area contributed by atoms with Crippen LogP contribution < -0.4 is 10.6 Å². The van der Waals surface area contributed by atoms with Crippen molar-refractivity contribution in [2.75, 3.05) is 6.54 Å². The minimum Gasteiger partial charge on any atom is -0.355 e. The SMILES string of the molecule is CC1(C)CCC(NC2CCC(=O)NC2)C1. The molecule has 1 aliphatic carbocycles. The number of carbonyl (C=O) groups excluding carboxylic acids is 1. The van der Waals surface area contributed by atoms with Gasteiger partial charge in [0.15, 0.2) is 0 Å².